The second-order valence-corrected chi connectivity index (χ2v) is 4.58. The van der Waals surface area contributed by atoms with Crippen LogP contribution in [0.15, 0.2) is 30.3 Å². The average Bonchev–Trinajstić information content (AvgIpc) is 2.37. The van der Waals surface area contributed by atoms with E-state index in [0.717, 1.165) is 22.8 Å². The smallest absolute Gasteiger partial charge is 0.227 e. The van der Waals surface area contributed by atoms with E-state index in [-0.39, 0.29) is 5.91 Å². The van der Waals surface area contributed by atoms with Crippen molar-refractivity contribution in [2.75, 3.05) is 10.6 Å². The summed E-state index contributed by atoms with van der Waals surface area (Å²) in [7, 11) is 0. The van der Waals surface area contributed by atoms with Crippen molar-refractivity contribution in [3.05, 3.63) is 41.7 Å². The van der Waals surface area contributed by atoms with E-state index < -0.39 is 0 Å². The van der Waals surface area contributed by atoms with Crippen LogP contribution in [-0.4, -0.2) is 15.9 Å². The second kappa shape index (κ2) is 6.14. The standard InChI is InChI=1S/C15H18N4O/c1-4-14(20)18-12-6-5-7-13(9-12)19-15-16-10(2)8-11(3)17-15/h5-9H,4H2,1-3H3,(H,18,20)(H,16,17,19). The molecule has 0 atom stereocenters. The first-order valence-corrected chi connectivity index (χ1v) is 6.56. The summed E-state index contributed by atoms with van der Waals surface area (Å²) in [6.07, 6.45) is 0.456. The number of aromatic nitrogens is 2. The summed E-state index contributed by atoms with van der Waals surface area (Å²) < 4.78 is 0. The van der Waals surface area contributed by atoms with E-state index in [1.54, 1.807) is 0 Å². The number of benzene rings is 1. The molecule has 2 aromatic rings. The molecule has 2 N–H and O–H groups in total. The van der Waals surface area contributed by atoms with E-state index in [1.165, 1.54) is 0 Å². The van der Waals surface area contributed by atoms with Gasteiger partial charge >= 0.3 is 0 Å². The molecule has 0 unspecified atom stereocenters. The summed E-state index contributed by atoms with van der Waals surface area (Å²) in [5.41, 5.74) is 3.42. The Hall–Kier alpha value is -2.43. The van der Waals surface area contributed by atoms with Crippen LogP contribution in [0.5, 0.6) is 0 Å². The Kier molecular flexibility index (Phi) is 4.30. The number of aryl methyl sites for hydroxylation is 2. The van der Waals surface area contributed by atoms with E-state index in [2.05, 4.69) is 20.6 Å². The fourth-order valence-electron chi connectivity index (χ4n) is 1.84. The normalized spacial score (nSPS) is 10.2. The molecule has 20 heavy (non-hydrogen) atoms. The van der Waals surface area contributed by atoms with Crippen molar-refractivity contribution in [1.29, 1.82) is 0 Å². The molecule has 2 rings (SSSR count). The van der Waals surface area contributed by atoms with Crippen molar-refractivity contribution >= 4 is 23.2 Å². The van der Waals surface area contributed by atoms with Gasteiger partial charge in [-0.25, -0.2) is 9.97 Å². The molecule has 0 aliphatic carbocycles. The van der Waals surface area contributed by atoms with Gasteiger partial charge in [0.05, 0.1) is 0 Å². The number of nitrogens with one attached hydrogen (secondary N) is 2. The van der Waals surface area contributed by atoms with Gasteiger partial charge in [-0.1, -0.05) is 13.0 Å². The van der Waals surface area contributed by atoms with Crippen molar-refractivity contribution in [2.45, 2.75) is 27.2 Å². The topological polar surface area (TPSA) is 66.9 Å². The van der Waals surface area contributed by atoms with Crippen molar-refractivity contribution in [3.8, 4) is 0 Å². The first-order valence-electron chi connectivity index (χ1n) is 6.56. The quantitative estimate of drug-likeness (QED) is 0.895. The minimum absolute atomic E-state index is 0.00944. The lowest BCUT2D eigenvalue weighted by Gasteiger charge is -2.09. The number of hydrogen-bond donors (Lipinski definition) is 2. The van der Waals surface area contributed by atoms with Gasteiger partial charge in [0.2, 0.25) is 11.9 Å². The monoisotopic (exact) mass is 270 g/mol. The van der Waals surface area contributed by atoms with Gasteiger partial charge in [-0.2, -0.15) is 0 Å². The molecule has 1 aromatic heterocycles. The summed E-state index contributed by atoms with van der Waals surface area (Å²) in [4.78, 5) is 20.0. The van der Waals surface area contributed by atoms with Gasteiger partial charge in [0.15, 0.2) is 0 Å². The first kappa shape index (κ1) is 14.0. The van der Waals surface area contributed by atoms with Crippen LogP contribution in [0.1, 0.15) is 24.7 Å². The number of rotatable bonds is 4. The minimum Gasteiger partial charge on any atom is -0.326 e. The number of nitrogens with zero attached hydrogens (tertiary/aromatic N) is 2. The molecule has 0 saturated carbocycles. The van der Waals surface area contributed by atoms with Crippen LogP contribution >= 0.6 is 0 Å². The van der Waals surface area contributed by atoms with Crippen LogP contribution in [-0.2, 0) is 4.79 Å². The molecular weight excluding hydrogens is 252 g/mol. The van der Waals surface area contributed by atoms with E-state index in [4.69, 9.17) is 0 Å². The molecule has 5 nitrogen and oxygen atoms in total. The molecule has 1 aromatic carbocycles. The summed E-state index contributed by atoms with van der Waals surface area (Å²) in [6.45, 7) is 5.68. The molecule has 0 aliphatic heterocycles. The Morgan fingerprint density at radius 2 is 1.75 bits per heavy atom. The van der Waals surface area contributed by atoms with Crippen molar-refractivity contribution in [3.63, 3.8) is 0 Å². The molecule has 104 valence electrons. The van der Waals surface area contributed by atoms with Crippen LogP contribution < -0.4 is 10.6 Å². The third-order valence-corrected chi connectivity index (χ3v) is 2.71. The number of carbonyl (C=O) groups excluding carboxylic acids is 1. The van der Waals surface area contributed by atoms with Crippen LogP contribution in [0.2, 0.25) is 0 Å². The van der Waals surface area contributed by atoms with Crippen molar-refractivity contribution in [1.82, 2.24) is 9.97 Å². The molecule has 1 heterocycles. The zero-order valence-corrected chi connectivity index (χ0v) is 11.9. The predicted molar refractivity (Wildman–Crippen MR) is 80.2 cm³/mol. The Morgan fingerprint density at radius 1 is 1.10 bits per heavy atom. The zero-order chi connectivity index (χ0) is 14.5. The van der Waals surface area contributed by atoms with Crippen LogP contribution in [0, 0.1) is 13.8 Å². The highest BCUT2D eigenvalue weighted by Gasteiger charge is 2.03. The maximum atomic E-state index is 11.4. The van der Waals surface area contributed by atoms with Gasteiger partial charge in [0, 0.05) is 29.2 Å². The Labute approximate surface area is 118 Å². The van der Waals surface area contributed by atoms with Gasteiger partial charge in [-0.3, -0.25) is 4.79 Å². The summed E-state index contributed by atoms with van der Waals surface area (Å²) >= 11 is 0. The zero-order valence-electron chi connectivity index (χ0n) is 11.9. The number of anilines is 3. The largest absolute Gasteiger partial charge is 0.326 e. The Bertz CT molecular complexity index is 605. The fourth-order valence-corrected chi connectivity index (χ4v) is 1.84. The van der Waals surface area contributed by atoms with Gasteiger partial charge < -0.3 is 10.6 Å². The van der Waals surface area contributed by atoms with Gasteiger partial charge in [0.25, 0.3) is 0 Å². The lowest BCUT2D eigenvalue weighted by molar-refractivity contribution is -0.115. The van der Waals surface area contributed by atoms with E-state index in [0.29, 0.717) is 12.4 Å². The van der Waals surface area contributed by atoms with Crippen LogP contribution in [0.25, 0.3) is 0 Å². The maximum Gasteiger partial charge on any atom is 0.227 e. The third-order valence-electron chi connectivity index (χ3n) is 2.71. The molecule has 0 saturated heterocycles. The maximum absolute atomic E-state index is 11.4. The summed E-state index contributed by atoms with van der Waals surface area (Å²) in [6, 6.07) is 9.40. The molecular formula is C15H18N4O. The summed E-state index contributed by atoms with van der Waals surface area (Å²) in [5, 5.41) is 5.96. The van der Waals surface area contributed by atoms with Gasteiger partial charge in [0.1, 0.15) is 0 Å². The highest BCUT2D eigenvalue weighted by molar-refractivity contribution is 5.91. The highest BCUT2D eigenvalue weighted by Crippen LogP contribution is 2.18. The molecule has 0 fully saturated rings. The van der Waals surface area contributed by atoms with Crippen molar-refractivity contribution in [2.24, 2.45) is 0 Å². The average molecular weight is 270 g/mol. The van der Waals surface area contributed by atoms with Gasteiger partial charge in [-0.15, -0.1) is 0 Å². The molecule has 1 amide bonds. The summed E-state index contributed by atoms with van der Waals surface area (Å²) in [5.74, 6) is 0.547. The minimum atomic E-state index is -0.00944. The Morgan fingerprint density at radius 3 is 2.40 bits per heavy atom. The lowest BCUT2D eigenvalue weighted by atomic mass is 10.2. The molecule has 5 heteroatoms. The number of carbonyl (C=O) groups is 1. The predicted octanol–water partition coefficient (Wildman–Crippen LogP) is 3.19. The van der Waals surface area contributed by atoms with E-state index in [1.807, 2.05) is 51.1 Å². The SMILES string of the molecule is CCC(=O)Nc1cccc(Nc2nc(C)cc(C)n2)c1. The molecule has 0 radical (unpaired) electrons. The van der Waals surface area contributed by atoms with E-state index >= 15 is 0 Å². The molecule has 0 bridgehead atoms. The number of hydrogen-bond acceptors (Lipinski definition) is 4. The Balaban J connectivity index is 2.17. The lowest BCUT2D eigenvalue weighted by Crippen LogP contribution is -2.09. The third kappa shape index (κ3) is 3.78. The first-order chi connectivity index (χ1) is 9.56. The van der Waals surface area contributed by atoms with Crippen molar-refractivity contribution < 1.29 is 4.79 Å². The molecule has 0 aliphatic rings. The molecule has 0 spiro atoms. The highest BCUT2D eigenvalue weighted by atomic mass is 16.1. The fraction of sp³-hybridized carbons (Fsp3) is 0.267. The van der Waals surface area contributed by atoms with E-state index in [9.17, 15) is 4.79 Å². The number of amides is 1. The van der Waals surface area contributed by atoms with Gasteiger partial charge in [-0.05, 0) is 38.1 Å². The van der Waals surface area contributed by atoms with Crippen LogP contribution in [0.4, 0.5) is 17.3 Å². The van der Waals surface area contributed by atoms with Crippen LogP contribution in [0.3, 0.4) is 0 Å². The second-order valence-electron chi connectivity index (χ2n) is 4.58.